The first-order valence-corrected chi connectivity index (χ1v) is 6.48. The number of carbonyl (C=O) groups excluding carboxylic acids is 1. The van der Waals surface area contributed by atoms with E-state index >= 15 is 0 Å². The number of hydrogen-bond donors (Lipinski definition) is 2. The molecule has 2 unspecified atom stereocenters. The molecule has 3 nitrogen and oxygen atoms in total. The first-order chi connectivity index (χ1) is 7.42. The Bertz CT molecular complexity index is 263. The van der Waals surface area contributed by atoms with Crippen molar-refractivity contribution in [2.45, 2.75) is 71.0 Å². The van der Waals surface area contributed by atoms with Crippen molar-refractivity contribution in [3.8, 4) is 0 Å². The van der Waals surface area contributed by atoms with E-state index in [4.69, 9.17) is 0 Å². The van der Waals surface area contributed by atoms with Crippen molar-refractivity contribution in [1.82, 2.24) is 10.6 Å². The highest BCUT2D eigenvalue weighted by molar-refractivity contribution is 5.85. The third kappa shape index (κ3) is 4.47. The molecule has 2 aliphatic heterocycles. The lowest BCUT2D eigenvalue weighted by Gasteiger charge is -2.30. The van der Waals surface area contributed by atoms with Gasteiger partial charge in [0.05, 0.1) is 0 Å². The summed E-state index contributed by atoms with van der Waals surface area (Å²) in [6.45, 7) is 6.33. The van der Waals surface area contributed by atoms with Crippen molar-refractivity contribution in [2.24, 2.45) is 5.41 Å². The van der Waals surface area contributed by atoms with Gasteiger partial charge in [-0.15, -0.1) is 12.4 Å². The van der Waals surface area contributed by atoms with Gasteiger partial charge in [-0.05, 0) is 31.1 Å². The van der Waals surface area contributed by atoms with Crippen molar-refractivity contribution in [1.29, 1.82) is 0 Å². The lowest BCUT2D eigenvalue weighted by Crippen LogP contribution is -2.48. The van der Waals surface area contributed by atoms with Crippen molar-refractivity contribution in [3.63, 3.8) is 0 Å². The molecule has 0 aromatic rings. The van der Waals surface area contributed by atoms with Crippen LogP contribution >= 0.6 is 12.4 Å². The van der Waals surface area contributed by atoms with Gasteiger partial charge in [-0.1, -0.05) is 20.8 Å². The summed E-state index contributed by atoms with van der Waals surface area (Å²) in [4.78, 5) is 11.8. The molecule has 2 aliphatic rings. The number of rotatable bonds is 2. The maximum absolute atomic E-state index is 11.8. The minimum atomic E-state index is 0. The summed E-state index contributed by atoms with van der Waals surface area (Å²) in [5, 5.41) is 6.79. The predicted octanol–water partition coefficient (Wildman–Crippen LogP) is 2.24. The van der Waals surface area contributed by atoms with Crippen molar-refractivity contribution in [2.75, 3.05) is 0 Å². The van der Waals surface area contributed by atoms with Crippen LogP contribution in [0.15, 0.2) is 0 Å². The van der Waals surface area contributed by atoms with Gasteiger partial charge in [-0.2, -0.15) is 0 Å². The van der Waals surface area contributed by atoms with Crippen LogP contribution in [0.4, 0.5) is 0 Å². The van der Waals surface area contributed by atoms with E-state index in [0.717, 1.165) is 12.8 Å². The fourth-order valence-corrected chi connectivity index (χ4v) is 2.94. The van der Waals surface area contributed by atoms with Crippen molar-refractivity contribution >= 4 is 18.3 Å². The van der Waals surface area contributed by atoms with Crippen LogP contribution in [0, 0.1) is 5.41 Å². The van der Waals surface area contributed by atoms with E-state index in [1.165, 1.54) is 12.8 Å². The number of halogens is 1. The molecule has 2 rings (SSSR count). The molecule has 17 heavy (non-hydrogen) atoms. The molecular weight excluding hydrogens is 236 g/mol. The monoisotopic (exact) mass is 260 g/mol. The van der Waals surface area contributed by atoms with Gasteiger partial charge in [-0.3, -0.25) is 4.79 Å². The molecule has 2 atom stereocenters. The lowest BCUT2D eigenvalue weighted by atomic mass is 9.91. The van der Waals surface area contributed by atoms with Crippen LogP contribution in [-0.2, 0) is 4.79 Å². The molecule has 2 bridgehead atoms. The van der Waals surface area contributed by atoms with Gasteiger partial charge < -0.3 is 10.6 Å². The van der Waals surface area contributed by atoms with Gasteiger partial charge in [0.15, 0.2) is 0 Å². The van der Waals surface area contributed by atoms with E-state index in [-0.39, 0.29) is 23.7 Å². The molecule has 1 amide bonds. The van der Waals surface area contributed by atoms with E-state index in [9.17, 15) is 4.79 Å². The number of nitrogens with one attached hydrogen (secondary N) is 2. The lowest BCUT2D eigenvalue weighted by molar-refractivity contribution is -0.123. The maximum Gasteiger partial charge on any atom is 0.220 e. The molecule has 4 heteroatoms. The molecule has 2 fully saturated rings. The Morgan fingerprint density at radius 3 is 2.24 bits per heavy atom. The quantitative estimate of drug-likeness (QED) is 0.800. The summed E-state index contributed by atoms with van der Waals surface area (Å²) in [5.41, 5.74) is 0.0932. The number of fused-ring (bicyclic) bond motifs is 2. The molecule has 0 aromatic heterocycles. The highest BCUT2D eigenvalue weighted by Crippen LogP contribution is 2.27. The summed E-state index contributed by atoms with van der Waals surface area (Å²) in [5.74, 6) is 0.221. The third-order valence-electron chi connectivity index (χ3n) is 3.53. The second kappa shape index (κ2) is 5.57. The van der Waals surface area contributed by atoms with Crippen LogP contribution in [0.25, 0.3) is 0 Å². The van der Waals surface area contributed by atoms with Gasteiger partial charge in [-0.25, -0.2) is 0 Å². The molecule has 2 N–H and O–H groups in total. The van der Waals surface area contributed by atoms with E-state index in [1.54, 1.807) is 0 Å². The fraction of sp³-hybridized carbons (Fsp3) is 0.923. The van der Waals surface area contributed by atoms with E-state index in [1.807, 2.05) is 0 Å². The molecule has 0 saturated carbocycles. The molecule has 0 spiro atoms. The average Bonchev–Trinajstić information content (AvgIpc) is 2.42. The SMILES string of the molecule is CC(C)(C)CC(=O)NC1CC2CCC(C1)N2.Cl. The number of piperidine rings is 1. The predicted molar refractivity (Wildman–Crippen MR) is 72.4 cm³/mol. The van der Waals surface area contributed by atoms with Crippen molar-refractivity contribution in [3.05, 3.63) is 0 Å². The van der Waals surface area contributed by atoms with Crippen LogP contribution in [0.3, 0.4) is 0 Å². The smallest absolute Gasteiger partial charge is 0.220 e. The largest absolute Gasteiger partial charge is 0.353 e. The molecule has 2 saturated heterocycles. The van der Waals surface area contributed by atoms with Crippen molar-refractivity contribution < 1.29 is 4.79 Å². The summed E-state index contributed by atoms with van der Waals surface area (Å²) in [6.07, 6.45) is 5.44. The van der Waals surface area contributed by atoms with Gasteiger partial charge in [0.1, 0.15) is 0 Å². The first-order valence-electron chi connectivity index (χ1n) is 6.48. The van der Waals surface area contributed by atoms with Crippen LogP contribution in [-0.4, -0.2) is 24.0 Å². The molecule has 0 radical (unpaired) electrons. The van der Waals surface area contributed by atoms with Gasteiger partial charge in [0.25, 0.3) is 0 Å². The Morgan fingerprint density at radius 1 is 1.24 bits per heavy atom. The Balaban J connectivity index is 0.00000144. The summed E-state index contributed by atoms with van der Waals surface area (Å²) in [6, 6.07) is 1.71. The highest BCUT2D eigenvalue weighted by Gasteiger charge is 2.34. The Labute approximate surface area is 111 Å². The Morgan fingerprint density at radius 2 is 1.76 bits per heavy atom. The minimum Gasteiger partial charge on any atom is -0.353 e. The molecule has 100 valence electrons. The minimum absolute atomic E-state index is 0. The number of hydrogen-bond acceptors (Lipinski definition) is 2. The zero-order valence-electron chi connectivity index (χ0n) is 11.1. The topological polar surface area (TPSA) is 41.1 Å². The number of amides is 1. The maximum atomic E-state index is 11.8. The van der Waals surface area contributed by atoms with E-state index in [0.29, 0.717) is 24.5 Å². The fourth-order valence-electron chi connectivity index (χ4n) is 2.94. The van der Waals surface area contributed by atoms with E-state index in [2.05, 4.69) is 31.4 Å². The van der Waals surface area contributed by atoms with Crippen LogP contribution < -0.4 is 10.6 Å². The average molecular weight is 261 g/mol. The first kappa shape index (κ1) is 14.8. The standard InChI is InChI=1S/C13H24N2O.ClH/c1-13(2,3)8-12(16)15-11-6-9-4-5-10(7-11)14-9;/h9-11,14H,4-8H2,1-3H3,(H,15,16);1H. The molecule has 0 aromatic carbocycles. The Kier molecular flexibility index (Phi) is 4.85. The van der Waals surface area contributed by atoms with Gasteiger partial charge in [0.2, 0.25) is 5.91 Å². The van der Waals surface area contributed by atoms with Crippen LogP contribution in [0.2, 0.25) is 0 Å². The van der Waals surface area contributed by atoms with Crippen LogP contribution in [0.5, 0.6) is 0 Å². The van der Waals surface area contributed by atoms with Crippen LogP contribution in [0.1, 0.15) is 52.9 Å². The van der Waals surface area contributed by atoms with Gasteiger partial charge >= 0.3 is 0 Å². The zero-order chi connectivity index (χ0) is 11.8. The molecule has 2 heterocycles. The third-order valence-corrected chi connectivity index (χ3v) is 3.53. The summed E-state index contributed by atoms with van der Waals surface area (Å²) < 4.78 is 0. The second-order valence-electron chi connectivity index (χ2n) is 6.61. The number of carbonyl (C=O) groups is 1. The summed E-state index contributed by atoms with van der Waals surface area (Å²) >= 11 is 0. The Hall–Kier alpha value is -0.280. The summed E-state index contributed by atoms with van der Waals surface area (Å²) in [7, 11) is 0. The highest BCUT2D eigenvalue weighted by atomic mass is 35.5. The molecular formula is C13H25ClN2O. The normalized spacial score (nSPS) is 31.8. The molecule has 0 aliphatic carbocycles. The second-order valence-corrected chi connectivity index (χ2v) is 6.61. The zero-order valence-corrected chi connectivity index (χ0v) is 11.9. The van der Waals surface area contributed by atoms with E-state index < -0.39 is 0 Å². The van der Waals surface area contributed by atoms with Gasteiger partial charge in [0, 0.05) is 24.5 Å².